The molecule has 0 unspecified atom stereocenters. The van der Waals surface area contributed by atoms with Crippen molar-refractivity contribution in [2.45, 2.75) is 0 Å². The van der Waals surface area contributed by atoms with Gasteiger partial charge in [0.25, 0.3) is 5.56 Å². The van der Waals surface area contributed by atoms with Gasteiger partial charge in [-0.05, 0) is 12.1 Å². The molecule has 1 N–H and O–H groups in total. The van der Waals surface area contributed by atoms with Gasteiger partial charge in [0.2, 0.25) is 0 Å². The van der Waals surface area contributed by atoms with Crippen LogP contribution in [0.3, 0.4) is 0 Å². The summed E-state index contributed by atoms with van der Waals surface area (Å²) in [5, 5.41) is 17.4. The van der Waals surface area contributed by atoms with Crippen LogP contribution < -0.4 is 5.56 Å². The van der Waals surface area contributed by atoms with Crippen LogP contribution in [0.15, 0.2) is 16.9 Å². The summed E-state index contributed by atoms with van der Waals surface area (Å²) in [5.74, 6) is -0.144. The molecule has 1 rings (SSSR count). The van der Waals surface area contributed by atoms with Crippen molar-refractivity contribution in [3.05, 3.63) is 28.0 Å². The summed E-state index contributed by atoms with van der Waals surface area (Å²) in [6, 6.07) is 4.31. The predicted molar refractivity (Wildman–Crippen MR) is 38.1 cm³/mol. The Bertz CT molecular complexity index is 373. The molecule has 0 bridgehead atoms. The topological polar surface area (TPSA) is 66.0 Å². The van der Waals surface area contributed by atoms with Crippen molar-refractivity contribution < 1.29 is 5.11 Å². The molecular formula is C7H6N2O2. The number of aromatic hydroxyl groups is 1. The van der Waals surface area contributed by atoms with E-state index < -0.39 is 5.56 Å². The Morgan fingerprint density at radius 1 is 1.64 bits per heavy atom. The molecule has 4 heteroatoms. The number of hydrogen-bond donors (Lipinski definition) is 1. The largest absolute Gasteiger partial charge is 0.494 e. The molecule has 0 atom stereocenters. The smallest absolute Gasteiger partial charge is 0.270 e. The van der Waals surface area contributed by atoms with E-state index in [4.69, 9.17) is 10.4 Å². The van der Waals surface area contributed by atoms with Gasteiger partial charge in [0.05, 0.1) is 0 Å². The van der Waals surface area contributed by atoms with Gasteiger partial charge in [-0.1, -0.05) is 0 Å². The molecule has 1 aromatic rings. The zero-order valence-corrected chi connectivity index (χ0v) is 5.90. The van der Waals surface area contributed by atoms with Crippen molar-refractivity contribution in [2.24, 2.45) is 7.05 Å². The fourth-order valence-corrected chi connectivity index (χ4v) is 0.711. The van der Waals surface area contributed by atoms with E-state index in [9.17, 15) is 4.79 Å². The fourth-order valence-electron chi connectivity index (χ4n) is 0.711. The van der Waals surface area contributed by atoms with Crippen molar-refractivity contribution in [1.29, 1.82) is 5.26 Å². The third-order valence-electron chi connectivity index (χ3n) is 1.40. The first-order chi connectivity index (χ1) is 5.16. The standard InChI is InChI=1S/C7H6N2O2/c1-9-6(10)3-2-5(4-8)7(9)11/h2-3,10H,1H3. The van der Waals surface area contributed by atoms with Crippen LogP contribution in [-0.2, 0) is 7.05 Å². The third-order valence-corrected chi connectivity index (χ3v) is 1.40. The van der Waals surface area contributed by atoms with Gasteiger partial charge in [0.15, 0.2) is 5.88 Å². The maximum absolute atomic E-state index is 11.0. The van der Waals surface area contributed by atoms with Crippen molar-refractivity contribution in [3.8, 4) is 11.9 Å². The number of nitrogens with zero attached hydrogens (tertiary/aromatic N) is 2. The number of nitriles is 1. The minimum absolute atomic E-state index is 0.0327. The van der Waals surface area contributed by atoms with Crippen LogP contribution in [0.5, 0.6) is 5.88 Å². The molecule has 0 amide bonds. The Kier molecular flexibility index (Phi) is 1.65. The van der Waals surface area contributed by atoms with E-state index in [1.807, 2.05) is 0 Å². The highest BCUT2D eigenvalue weighted by atomic mass is 16.3. The van der Waals surface area contributed by atoms with E-state index in [-0.39, 0.29) is 11.4 Å². The van der Waals surface area contributed by atoms with E-state index >= 15 is 0 Å². The highest BCUT2D eigenvalue weighted by Crippen LogP contribution is 2.02. The molecule has 0 saturated carbocycles. The van der Waals surface area contributed by atoms with Gasteiger partial charge in [0, 0.05) is 7.05 Å². The Morgan fingerprint density at radius 2 is 2.27 bits per heavy atom. The predicted octanol–water partition coefficient (Wildman–Crippen LogP) is -0.0374. The summed E-state index contributed by atoms with van der Waals surface area (Å²) >= 11 is 0. The first-order valence-electron chi connectivity index (χ1n) is 2.96. The molecule has 0 fully saturated rings. The molecule has 0 spiro atoms. The van der Waals surface area contributed by atoms with Gasteiger partial charge >= 0.3 is 0 Å². The number of pyridine rings is 1. The lowest BCUT2D eigenvalue weighted by Crippen LogP contribution is -2.18. The fraction of sp³-hybridized carbons (Fsp3) is 0.143. The number of hydrogen-bond acceptors (Lipinski definition) is 3. The minimum Gasteiger partial charge on any atom is -0.494 e. The van der Waals surface area contributed by atoms with E-state index in [1.54, 1.807) is 6.07 Å². The second-order valence-electron chi connectivity index (χ2n) is 2.08. The van der Waals surface area contributed by atoms with Gasteiger partial charge in [-0.3, -0.25) is 9.36 Å². The van der Waals surface area contributed by atoms with Crippen LogP contribution in [-0.4, -0.2) is 9.67 Å². The van der Waals surface area contributed by atoms with Gasteiger partial charge in [-0.25, -0.2) is 0 Å². The van der Waals surface area contributed by atoms with Crippen LogP contribution in [0.4, 0.5) is 0 Å². The van der Waals surface area contributed by atoms with Crippen LogP contribution >= 0.6 is 0 Å². The third kappa shape index (κ3) is 1.08. The lowest BCUT2D eigenvalue weighted by atomic mass is 10.3. The summed E-state index contributed by atoms with van der Waals surface area (Å²) < 4.78 is 1.01. The van der Waals surface area contributed by atoms with Crippen LogP contribution in [0.2, 0.25) is 0 Å². The highest BCUT2D eigenvalue weighted by molar-refractivity contribution is 5.28. The highest BCUT2D eigenvalue weighted by Gasteiger charge is 2.01. The van der Waals surface area contributed by atoms with E-state index in [1.165, 1.54) is 19.2 Å². The molecule has 1 aromatic heterocycles. The monoisotopic (exact) mass is 150 g/mol. The molecule has 0 radical (unpaired) electrons. The molecule has 56 valence electrons. The molecule has 0 aliphatic heterocycles. The van der Waals surface area contributed by atoms with Gasteiger partial charge < -0.3 is 5.11 Å². The maximum Gasteiger partial charge on any atom is 0.270 e. The lowest BCUT2D eigenvalue weighted by molar-refractivity contribution is 0.423. The molecule has 1 heterocycles. The molecule has 0 aliphatic rings. The zero-order valence-electron chi connectivity index (χ0n) is 5.90. The van der Waals surface area contributed by atoms with Crippen molar-refractivity contribution in [1.82, 2.24) is 4.57 Å². The van der Waals surface area contributed by atoms with E-state index in [0.29, 0.717) is 0 Å². The van der Waals surface area contributed by atoms with Gasteiger partial charge in [-0.2, -0.15) is 5.26 Å². The number of aromatic nitrogens is 1. The Labute approximate surface area is 62.9 Å². The van der Waals surface area contributed by atoms with Crippen LogP contribution in [0.25, 0.3) is 0 Å². The summed E-state index contributed by atoms with van der Waals surface area (Å²) in [6.45, 7) is 0. The minimum atomic E-state index is -0.479. The summed E-state index contributed by atoms with van der Waals surface area (Å²) in [5.41, 5.74) is -0.446. The van der Waals surface area contributed by atoms with E-state index in [0.717, 1.165) is 4.57 Å². The van der Waals surface area contributed by atoms with Gasteiger partial charge in [-0.15, -0.1) is 0 Å². The average molecular weight is 150 g/mol. The second-order valence-corrected chi connectivity index (χ2v) is 2.08. The quantitative estimate of drug-likeness (QED) is 0.564. The van der Waals surface area contributed by atoms with Crippen molar-refractivity contribution in [2.75, 3.05) is 0 Å². The SMILES string of the molecule is Cn1c(O)ccc(C#N)c1=O. The van der Waals surface area contributed by atoms with E-state index in [2.05, 4.69) is 0 Å². The zero-order chi connectivity index (χ0) is 8.43. The first-order valence-corrected chi connectivity index (χ1v) is 2.96. The normalized spacial score (nSPS) is 9.09. The molecular weight excluding hydrogens is 144 g/mol. The molecule has 0 saturated heterocycles. The molecule has 0 aromatic carbocycles. The lowest BCUT2D eigenvalue weighted by Gasteiger charge is -1.99. The van der Waals surface area contributed by atoms with Crippen LogP contribution in [0, 0.1) is 11.3 Å². The molecule has 0 aliphatic carbocycles. The summed E-state index contributed by atoms with van der Waals surface area (Å²) in [6.07, 6.45) is 0. The molecule has 11 heavy (non-hydrogen) atoms. The maximum atomic E-state index is 11.0. The molecule has 4 nitrogen and oxygen atoms in total. The Balaban J connectivity index is 3.53. The van der Waals surface area contributed by atoms with Gasteiger partial charge in [0.1, 0.15) is 11.6 Å². The Hall–Kier alpha value is -1.76. The summed E-state index contributed by atoms with van der Waals surface area (Å²) in [7, 11) is 1.40. The first kappa shape index (κ1) is 7.35. The van der Waals surface area contributed by atoms with Crippen molar-refractivity contribution >= 4 is 0 Å². The van der Waals surface area contributed by atoms with Crippen molar-refractivity contribution in [3.63, 3.8) is 0 Å². The Morgan fingerprint density at radius 3 is 2.82 bits per heavy atom. The number of rotatable bonds is 0. The average Bonchev–Trinajstić information content (AvgIpc) is 2.01. The van der Waals surface area contributed by atoms with Crippen LogP contribution in [0.1, 0.15) is 5.56 Å². The second kappa shape index (κ2) is 2.46. The summed E-state index contributed by atoms with van der Waals surface area (Å²) in [4.78, 5) is 11.0.